The van der Waals surface area contributed by atoms with E-state index >= 15 is 4.39 Å². The summed E-state index contributed by atoms with van der Waals surface area (Å²) in [5.41, 5.74) is 5.36. The normalized spacial score (nSPS) is 20.3. The summed E-state index contributed by atoms with van der Waals surface area (Å²) in [5, 5.41) is 39.9. The maximum Gasteiger partial charge on any atom is 0.348 e. The minimum absolute atomic E-state index is 0.0177. The van der Waals surface area contributed by atoms with E-state index in [1.54, 1.807) is 31.2 Å². The number of nitrogens with two attached hydrogens (primary N) is 1. The summed E-state index contributed by atoms with van der Waals surface area (Å²) in [5.74, 6) is -5.10. The molecular formula is C29H28FN5O8. The lowest BCUT2D eigenvalue weighted by molar-refractivity contribution is -0.186. The molecule has 0 bridgehead atoms. The van der Waals surface area contributed by atoms with Crippen molar-refractivity contribution in [3.63, 3.8) is 0 Å². The predicted octanol–water partition coefficient (Wildman–Crippen LogP) is 2.51. The molecule has 14 heteroatoms. The number of aliphatic carboxylic acids is 2. The SMILES string of the molecule is Cc1nc(N)c2ncn([C@@H]3C[C@H](COC(Cc4ccc(-c5cccc(C(=O)O)c5)cc4)(C(=O)O)C(=O)O)[C@@H](O)[C@@H]3F)c2n1. The number of alkyl halides is 1. The van der Waals surface area contributed by atoms with Crippen LogP contribution < -0.4 is 5.73 Å². The van der Waals surface area contributed by atoms with Crippen LogP contribution in [0.4, 0.5) is 10.2 Å². The van der Waals surface area contributed by atoms with Gasteiger partial charge in [-0.1, -0.05) is 36.4 Å². The van der Waals surface area contributed by atoms with Crippen molar-refractivity contribution in [3.8, 4) is 11.1 Å². The van der Waals surface area contributed by atoms with Crippen molar-refractivity contribution in [2.45, 2.75) is 43.7 Å². The van der Waals surface area contributed by atoms with Gasteiger partial charge in [0, 0.05) is 12.3 Å². The van der Waals surface area contributed by atoms with Gasteiger partial charge in [-0.2, -0.15) is 0 Å². The van der Waals surface area contributed by atoms with Crippen LogP contribution in [0.3, 0.4) is 0 Å². The van der Waals surface area contributed by atoms with Crippen LogP contribution in [0.5, 0.6) is 0 Å². The number of rotatable bonds is 10. The highest BCUT2D eigenvalue weighted by Gasteiger charge is 2.51. The van der Waals surface area contributed by atoms with Gasteiger partial charge in [0.25, 0.3) is 5.60 Å². The smallest absolute Gasteiger partial charge is 0.348 e. The van der Waals surface area contributed by atoms with Crippen molar-refractivity contribution < 1.29 is 43.9 Å². The van der Waals surface area contributed by atoms with Gasteiger partial charge in [0.2, 0.25) is 0 Å². The van der Waals surface area contributed by atoms with Gasteiger partial charge in [-0.05, 0) is 42.2 Å². The fourth-order valence-electron chi connectivity index (χ4n) is 5.40. The van der Waals surface area contributed by atoms with E-state index in [0.717, 1.165) is 0 Å². The number of benzene rings is 2. The van der Waals surface area contributed by atoms with Crippen molar-refractivity contribution in [2.75, 3.05) is 12.3 Å². The van der Waals surface area contributed by atoms with E-state index < -0.39 is 60.8 Å². The Bertz CT molecular complexity index is 1700. The number of carbonyl (C=O) groups is 3. The number of ether oxygens (including phenoxy) is 1. The summed E-state index contributed by atoms with van der Waals surface area (Å²) < 4.78 is 22.3. The first kappa shape index (κ1) is 29.5. The van der Waals surface area contributed by atoms with Crippen molar-refractivity contribution >= 4 is 34.9 Å². The molecule has 0 unspecified atom stereocenters. The summed E-state index contributed by atoms with van der Waals surface area (Å²) in [7, 11) is 0. The Kier molecular flexibility index (Phi) is 7.82. The van der Waals surface area contributed by atoms with Gasteiger partial charge in [-0.3, -0.25) is 0 Å². The molecule has 1 fully saturated rings. The summed E-state index contributed by atoms with van der Waals surface area (Å²) in [6.45, 7) is 1.06. The highest BCUT2D eigenvalue weighted by atomic mass is 19.1. The number of fused-ring (bicyclic) bond motifs is 1. The lowest BCUT2D eigenvalue weighted by Gasteiger charge is -2.27. The number of aliphatic hydroxyl groups is 1. The lowest BCUT2D eigenvalue weighted by Crippen LogP contribution is -2.52. The molecule has 0 amide bonds. The number of imidazole rings is 1. The molecule has 43 heavy (non-hydrogen) atoms. The zero-order valence-electron chi connectivity index (χ0n) is 22.8. The van der Waals surface area contributed by atoms with Crippen molar-refractivity contribution in [1.82, 2.24) is 19.5 Å². The molecule has 5 rings (SSSR count). The van der Waals surface area contributed by atoms with Crippen LogP contribution >= 0.6 is 0 Å². The molecule has 0 spiro atoms. The third-order valence-electron chi connectivity index (χ3n) is 7.72. The van der Waals surface area contributed by atoms with Crippen LogP contribution in [-0.2, 0) is 20.7 Å². The number of aryl methyl sites for hydroxylation is 1. The summed E-state index contributed by atoms with van der Waals surface area (Å²) >= 11 is 0. The Balaban J connectivity index is 1.35. The molecule has 0 saturated heterocycles. The van der Waals surface area contributed by atoms with Gasteiger partial charge >= 0.3 is 17.9 Å². The summed E-state index contributed by atoms with van der Waals surface area (Å²) in [6, 6.07) is 11.5. The van der Waals surface area contributed by atoms with Crippen LogP contribution in [0, 0.1) is 12.8 Å². The first-order valence-corrected chi connectivity index (χ1v) is 13.2. The largest absolute Gasteiger partial charge is 0.479 e. The third kappa shape index (κ3) is 5.49. The van der Waals surface area contributed by atoms with Crippen LogP contribution in [-0.4, -0.2) is 82.3 Å². The molecule has 1 saturated carbocycles. The zero-order chi connectivity index (χ0) is 31.1. The van der Waals surface area contributed by atoms with E-state index in [1.807, 2.05) is 0 Å². The number of aromatic nitrogens is 4. The molecule has 2 heterocycles. The Morgan fingerprint density at radius 3 is 2.42 bits per heavy atom. The van der Waals surface area contributed by atoms with E-state index in [9.17, 15) is 34.8 Å². The van der Waals surface area contributed by atoms with Crippen molar-refractivity contribution in [3.05, 3.63) is 71.8 Å². The van der Waals surface area contributed by atoms with Crippen molar-refractivity contribution in [2.24, 2.45) is 5.92 Å². The monoisotopic (exact) mass is 593 g/mol. The first-order chi connectivity index (χ1) is 20.4. The van der Waals surface area contributed by atoms with Crippen LogP contribution in [0.1, 0.15) is 34.2 Å². The van der Waals surface area contributed by atoms with Crippen LogP contribution in [0.15, 0.2) is 54.9 Å². The van der Waals surface area contributed by atoms with Crippen LogP contribution in [0.2, 0.25) is 0 Å². The standard InChI is InChI=1S/C29H28FN5O8/c1-14-33-24(31)22-25(34-14)35(13-32-22)20-10-19(23(36)21(20)30)12-43-29(27(39)40,28(41)42)11-15-5-7-16(8-6-15)17-3-2-4-18(9-17)26(37)38/h2-9,13,19-21,23,36H,10-12H2,1H3,(H,37,38)(H,39,40)(H,41,42)(H2,31,33,34)/t19-,20-,21-,23-/m1/s1. The number of aromatic carboxylic acids is 1. The second kappa shape index (κ2) is 11.4. The minimum Gasteiger partial charge on any atom is -0.479 e. The topological polar surface area (TPSA) is 211 Å². The molecule has 4 aromatic rings. The fourth-order valence-corrected chi connectivity index (χ4v) is 5.40. The molecule has 13 nitrogen and oxygen atoms in total. The van der Waals surface area contributed by atoms with Gasteiger partial charge in [0.1, 0.15) is 17.5 Å². The molecule has 6 N–H and O–H groups in total. The molecule has 4 atom stereocenters. The summed E-state index contributed by atoms with van der Waals surface area (Å²) in [4.78, 5) is 48.4. The van der Waals surface area contributed by atoms with Crippen LogP contribution in [0.25, 0.3) is 22.3 Å². The van der Waals surface area contributed by atoms with E-state index in [0.29, 0.717) is 22.5 Å². The number of anilines is 1. The average Bonchev–Trinajstić information content (AvgIpc) is 3.51. The number of hydrogen-bond donors (Lipinski definition) is 5. The van der Waals surface area contributed by atoms with E-state index in [4.69, 9.17) is 10.5 Å². The minimum atomic E-state index is -2.73. The van der Waals surface area contributed by atoms with E-state index in [2.05, 4.69) is 15.0 Å². The van der Waals surface area contributed by atoms with E-state index in [1.165, 1.54) is 35.2 Å². The van der Waals surface area contributed by atoms with Gasteiger partial charge in [-0.15, -0.1) is 0 Å². The molecule has 1 aliphatic carbocycles. The predicted molar refractivity (Wildman–Crippen MR) is 149 cm³/mol. The number of hydrogen-bond acceptors (Lipinski definition) is 9. The first-order valence-electron chi connectivity index (χ1n) is 13.2. The molecule has 1 aliphatic rings. The van der Waals surface area contributed by atoms with E-state index in [-0.39, 0.29) is 29.0 Å². The fraction of sp³-hybridized carbons (Fsp3) is 0.310. The molecular weight excluding hydrogens is 565 g/mol. The highest BCUT2D eigenvalue weighted by Crippen LogP contribution is 2.40. The van der Waals surface area contributed by atoms with Crippen molar-refractivity contribution in [1.29, 1.82) is 0 Å². The number of nitrogen functional groups attached to an aromatic ring is 1. The molecule has 0 radical (unpaired) electrons. The third-order valence-corrected chi connectivity index (χ3v) is 7.72. The number of carboxylic acids is 3. The number of aliphatic hydroxyl groups excluding tert-OH is 1. The van der Waals surface area contributed by atoms with Gasteiger partial charge < -0.3 is 35.5 Å². The molecule has 2 aromatic heterocycles. The maximum atomic E-state index is 15.4. The van der Waals surface area contributed by atoms with Gasteiger partial charge in [0.05, 0.1) is 30.6 Å². The molecule has 2 aromatic carbocycles. The Labute approximate surface area is 243 Å². The average molecular weight is 594 g/mol. The quantitative estimate of drug-likeness (QED) is 0.168. The second-order valence-corrected chi connectivity index (χ2v) is 10.5. The number of nitrogens with zero attached hydrogens (tertiary/aromatic N) is 4. The Morgan fingerprint density at radius 1 is 1.07 bits per heavy atom. The second-order valence-electron chi connectivity index (χ2n) is 10.5. The molecule has 224 valence electrons. The Morgan fingerprint density at radius 2 is 1.77 bits per heavy atom. The lowest BCUT2D eigenvalue weighted by atomic mass is 9.92. The maximum absolute atomic E-state index is 15.4. The highest BCUT2D eigenvalue weighted by molar-refractivity contribution is 6.02. The Hall–Kier alpha value is -4.95. The summed E-state index contributed by atoms with van der Waals surface area (Å²) in [6.07, 6.45) is -2.64. The number of halogens is 1. The molecule has 0 aliphatic heterocycles. The number of carboxylic acid groups (broad SMARTS) is 3. The van der Waals surface area contributed by atoms with Gasteiger partial charge in [0.15, 0.2) is 11.5 Å². The zero-order valence-corrected chi connectivity index (χ0v) is 22.8. The van der Waals surface area contributed by atoms with Gasteiger partial charge in [-0.25, -0.2) is 33.7 Å².